The van der Waals surface area contributed by atoms with E-state index in [0.717, 1.165) is 0 Å². The van der Waals surface area contributed by atoms with Crippen LogP contribution < -0.4 is 10.2 Å². The van der Waals surface area contributed by atoms with Gasteiger partial charge in [0.1, 0.15) is 6.17 Å². The zero-order valence-corrected chi connectivity index (χ0v) is 14.5. The molecule has 0 amide bonds. The SMILES string of the molecule is CC(C)c1cccc(C(C)C)c1N1C=CNC1c1ccccc1. The van der Waals surface area contributed by atoms with Gasteiger partial charge in [-0.05, 0) is 28.5 Å². The summed E-state index contributed by atoms with van der Waals surface area (Å²) >= 11 is 0. The molecule has 0 bridgehead atoms. The maximum atomic E-state index is 3.50. The number of nitrogens with zero attached hydrogens (tertiary/aromatic N) is 1. The highest BCUT2D eigenvalue weighted by Gasteiger charge is 2.27. The fraction of sp³-hybridized carbons (Fsp3) is 0.333. The minimum absolute atomic E-state index is 0.161. The van der Waals surface area contributed by atoms with Crippen molar-refractivity contribution < 1.29 is 0 Å². The first-order valence-corrected chi connectivity index (χ1v) is 8.48. The lowest BCUT2D eigenvalue weighted by atomic mass is 9.91. The van der Waals surface area contributed by atoms with Crippen molar-refractivity contribution in [3.8, 4) is 0 Å². The van der Waals surface area contributed by atoms with E-state index in [-0.39, 0.29) is 6.17 Å². The summed E-state index contributed by atoms with van der Waals surface area (Å²) in [7, 11) is 0. The minimum atomic E-state index is 0.161. The molecule has 2 aromatic carbocycles. The lowest BCUT2D eigenvalue weighted by molar-refractivity contribution is 0.657. The minimum Gasteiger partial charge on any atom is -0.366 e. The van der Waals surface area contributed by atoms with E-state index in [4.69, 9.17) is 0 Å². The van der Waals surface area contributed by atoms with Crippen LogP contribution in [0.25, 0.3) is 0 Å². The van der Waals surface area contributed by atoms with Gasteiger partial charge in [0.25, 0.3) is 0 Å². The molecule has 1 unspecified atom stereocenters. The average molecular weight is 306 g/mol. The normalized spacial score (nSPS) is 17.1. The number of para-hydroxylation sites is 1. The van der Waals surface area contributed by atoms with E-state index < -0.39 is 0 Å². The summed E-state index contributed by atoms with van der Waals surface area (Å²) in [5.74, 6) is 0.989. The lowest BCUT2D eigenvalue weighted by Crippen LogP contribution is -2.28. The Morgan fingerprint density at radius 3 is 2.00 bits per heavy atom. The second-order valence-corrected chi connectivity index (χ2v) is 6.80. The summed E-state index contributed by atoms with van der Waals surface area (Å²) in [5, 5.41) is 3.50. The molecule has 0 aliphatic carbocycles. The van der Waals surface area contributed by atoms with Crippen LogP contribution in [0.1, 0.15) is 62.4 Å². The Hall–Kier alpha value is -2.22. The van der Waals surface area contributed by atoms with Gasteiger partial charge in [0.05, 0.1) is 0 Å². The Labute approximate surface area is 139 Å². The van der Waals surface area contributed by atoms with Crippen LogP contribution >= 0.6 is 0 Å². The van der Waals surface area contributed by atoms with E-state index in [2.05, 4.69) is 98.8 Å². The molecule has 23 heavy (non-hydrogen) atoms. The van der Waals surface area contributed by atoms with Crippen LogP contribution in [0.3, 0.4) is 0 Å². The highest BCUT2D eigenvalue weighted by Crippen LogP contribution is 2.40. The number of rotatable bonds is 4. The Bertz CT molecular complexity index is 660. The first-order chi connectivity index (χ1) is 11.1. The smallest absolute Gasteiger partial charge is 0.129 e. The molecule has 1 N–H and O–H groups in total. The molecule has 0 fully saturated rings. The monoisotopic (exact) mass is 306 g/mol. The first kappa shape index (κ1) is 15.7. The summed E-state index contributed by atoms with van der Waals surface area (Å²) in [6.07, 6.45) is 4.39. The third kappa shape index (κ3) is 2.98. The summed E-state index contributed by atoms with van der Waals surface area (Å²) in [6, 6.07) is 17.4. The molecular formula is C21H26N2. The fourth-order valence-corrected chi connectivity index (χ4v) is 3.29. The quantitative estimate of drug-likeness (QED) is 0.801. The van der Waals surface area contributed by atoms with Gasteiger partial charge in [0.15, 0.2) is 0 Å². The van der Waals surface area contributed by atoms with Gasteiger partial charge in [-0.25, -0.2) is 0 Å². The van der Waals surface area contributed by atoms with Gasteiger partial charge in [-0.2, -0.15) is 0 Å². The van der Waals surface area contributed by atoms with Crippen molar-refractivity contribution in [2.45, 2.75) is 45.7 Å². The molecular weight excluding hydrogens is 280 g/mol. The van der Waals surface area contributed by atoms with E-state index in [9.17, 15) is 0 Å². The molecule has 0 saturated carbocycles. The average Bonchev–Trinajstić information content (AvgIpc) is 3.04. The van der Waals surface area contributed by atoms with Gasteiger partial charge in [-0.15, -0.1) is 0 Å². The van der Waals surface area contributed by atoms with Gasteiger partial charge < -0.3 is 10.2 Å². The Morgan fingerprint density at radius 2 is 1.43 bits per heavy atom. The van der Waals surface area contributed by atoms with Crippen molar-refractivity contribution in [2.75, 3.05) is 4.90 Å². The molecule has 1 aliphatic rings. The van der Waals surface area contributed by atoms with Crippen molar-refractivity contribution in [1.82, 2.24) is 5.32 Å². The van der Waals surface area contributed by atoms with Crippen molar-refractivity contribution in [3.05, 3.63) is 77.6 Å². The van der Waals surface area contributed by atoms with Gasteiger partial charge >= 0.3 is 0 Å². The number of benzene rings is 2. The topological polar surface area (TPSA) is 15.3 Å². The Kier molecular flexibility index (Phi) is 4.42. The molecule has 0 spiro atoms. The molecule has 1 heterocycles. The molecule has 0 aromatic heterocycles. The molecule has 120 valence electrons. The van der Waals surface area contributed by atoms with Gasteiger partial charge in [-0.3, -0.25) is 0 Å². The van der Waals surface area contributed by atoms with Gasteiger partial charge in [0.2, 0.25) is 0 Å². The standard InChI is InChI=1S/C21H26N2/c1-15(2)18-11-8-12-19(16(3)4)20(18)23-14-13-22-21(23)17-9-6-5-7-10-17/h5-16,21-22H,1-4H3. The first-order valence-electron chi connectivity index (χ1n) is 8.48. The maximum absolute atomic E-state index is 3.50. The van der Waals surface area contributed by atoms with E-state index in [1.165, 1.54) is 22.4 Å². The summed E-state index contributed by atoms with van der Waals surface area (Å²) in [6.45, 7) is 9.09. The highest BCUT2D eigenvalue weighted by atomic mass is 15.3. The number of anilines is 1. The third-order valence-electron chi connectivity index (χ3n) is 4.48. The molecule has 2 heteroatoms. The van der Waals surface area contributed by atoms with Crippen LogP contribution in [0, 0.1) is 0 Å². The number of nitrogens with one attached hydrogen (secondary N) is 1. The lowest BCUT2D eigenvalue weighted by Gasteiger charge is -2.32. The highest BCUT2D eigenvalue weighted by molar-refractivity contribution is 5.65. The zero-order valence-electron chi connectivity index (χ0n) is 14.5. The van der Waals surface area contributed by atoms with Crippen molar-refractivity contribution in [2.24, 2.45) is 0 Å². The second-order valence-electron chi connectivity index (χ2n) is 6.80. The van der Waals surface area contributed by atoms with Gasteiger partial charge in [-0.1, -0.05) is 76.2 Å². The molecule has 3 rings (SSSR count). The molecule has 2 nitrogen and oxygen atoms in total. The van der Waals surface area contributed by atoms with Crippen molar-refractivity contribution >= 4 is 5.69 Å². The zero-order chi connectivity index (χ0) is 16.4. The van der Waals surface area contributed by atoms with E-state index in [1.54, 1.807) is 0 Å². The van der Waals surface area contributed by atoms with Crippen molar-refractivity contribution in [1.29, 1.82) is 0 Å². The number of hydrogen-bond acceptors (Lipinski definition) is 2. The molecule has 1 aliphatic heterocycles. The predicted octanol–water partition coefficient (Wildman–Crippen LogP) is 5.51. The molecule has 0 radical (unpaired) electrons. The third-order valence-corrected chi connectivity index (χ3v) is 4.48. The van der Waals surface area contributed by atoms with Crippen molar-refractivity contribution in [3.63, 3.8) is 0 Å². The van der Waals surface area contributed by atoms with Crippen LogP contribution in [-0.4, -0.2) is 0 Å². The predicted molar refractivity (Wildman–Crippen MR) is 98.6 cm³/mol. The summed E-state index contributed by atoms with van der Waals surface area (Å²) in [5.41, 5.74) is 5.45. The number of hydrogen-bond donors (Lipinski definition) is 1. The summed E-state index contributed by atoms with van der Waals surface area (Å²) < 4.78 is 0. The van der Waals surface area contributed by atoms with Crippen LogP contribution in [-0.2, 0) is 0 Å². The van der Waals surface area contributed by atoms with Crippen LogP contribution in [0.2, 0.25) is 0 Å². The second kappa shape index (κ2) is 6.49. The Balaban J connectivity index is 2.11. The van der Waals surface area contributed by atoms with Gasteiger partial charge in [0, 0.05) is 18.1 Å². The Morgan fingerprint density at radius 1 is 0.826 bits per heavy atom. The van der Waals surface area contributed by atoms with E-state index in [1.807, 2.05) is 0 Å². The summed E-state index contributed by atoms with van der Waals surface area (Å²) in [4.78, 5) is 2.39. The van der Waals surface area contributed by atoms with E-state index >= 15 is 0 Å². The maximum Gasteiger partial charge on any atom is 0.129 e. The van der Waals surface area contributed by atoms with Crippen LogP contribution in [0.15, 0.2) is 60.9 Å². The van der Waals surface area contributed by atoms with Crippen LogP contribution in [0.4, 0.5) is 5.69 Å². The molecule has 1 atom stereocenters. The fourth-order valence-electron chi connectivity index (χ4n) is 3.29. The molecule has 2 aromatic rings. The molecule has 0 saturated heterocycles. The largest absolute Gasteiger partial charge is 0.366 e. The van der Waals surface area contributed by atoms with E-state index in [0.29, 0.717) is 11.8 Å². The van der Waals surface area contributed by atoms with Crippen LogP contribution in [0.5, 0.6) is 0 Å².